The first-order valence-corrected chi connectivity index (χ1v) is 17.8. The minimum absolute atomic E-state index is 0.0255. The lowest BCUT2D eigenvalue weighted by Gasteiger charge is -2.29. The summed E-state index contributed by atoms with van der Waals surface area (Å²) in [5, 5.41) is 6.88. The molecule has 1 saturated carbocycles. The van der Waals surface area contributed by atoms with Gasteiger partial charge in [-0.1, -0.05) is 57.2 Å². The van der Waals surface area contributed by atoms with Crippen molar-refractivity contribution >= 4 is 35.4 Å². The summed E-state index contributed by atoms with van der Waals surface area (Å²) in [5.74, 6) is -0.635. The maximum Gasteiger partial charge on any atom is 0.411 e. The Morgan fingerprint density at radius 3 is 2.31 bits per heavy atom. The number of allylic oxidation sites excluding steroid dienone is 1. The smallest absolute Gasteiger partial charge is 0.411 e. The second-order valence-corrected chi connectivity index (χ2v) is 15.6. The minimum atomic E-state index is -0.697. The molecule has 2 amide bonds. The van der Waals surface area contributed by atoms with Gasteiger partial charge < -0.3 is 20.1 Å². The number of carbonyl (C=O) groups is 3. The molecule has 1 aliphatic heterocycles. The zero-order valence-electron chi connectivity index (χ0n) is 29.3. The number of benzene rings is 3. The molecule has 2 N–H and O–H groups in total. The number of rotatable bonds is 11. The van der Waals surface area contributed by atoms with Crippen LogP contribution in [0.25, 0.3) is 0 Å². The number of hydrogen-bond acceptors (Lipinski definition) is 7. The third-order valence-corrected chi connectivity index (χ3v) is 9.44. The molecule has 1 saturated heterocycles. The number of anilines is 1. The highest BCUT2D eigenvalue weighted by Crippen LogP contribution is 2.53. The van der Waals surface area contributed by atoms with Crippen molar-refractivity contribution in [3.8, 4) is 0 Å². The molecule has 1 aliphatic carbocycles. The van der Waals surface area contributed by atoms with Crippen LogP contribution in [0.2, 0.25) is 0 Å². The largest absolute Gasteiger partial charge is 0.444 e. The summed E-state index contributed by atoms with van der Waals surface area (Å²) in [6, 6.07) is 21.0. The van der Waals surface area contributed by atoms with Crippen LogP contribution in [0.3, 0.4) is 0 Å². The van der Waals surface area contributed by atoms with E-state index in [4.69, 9.17) is 9.47 Å². The van der Waals surface area contributed by atoms with Gasteiger partial charge in [0.1, 0.15) is 17.5 Å². The summed E-state index contributed by atoms with van der Waals surface area (Å²) in [6.45, 7) is 12.3. The van der Waals surface area contributed by atoms with Gasteiger partial charge in [0.25, 0.3) is 0 Å². The predicted molar refractivity (Wildman–Crippen MR) is 192 cm³/mol. The van der Waals surface area contributed by atoms with E-state index in [1.165, 1.54) is 47.7 Å². The number of hydrogen-bond donors (Lipinski definition) is 2. The van der Waals surface area contributed by atoms with E-state index >= 15 is 0 Å². The first-order valence-electron chi connectivity index (χ1n) is 16.6. The van der Waals surface area contributed by atoms with Crippen LogP contribution in [0.4, 0.5) is 19.7 Å². The second-order valence-electron chi connectivity index (χ2n) is 14.8. The summed E-state index contributed by atoms with van der Waals surface area (Å²) < 4.78 is 24.9. The zero-order valence-corrected chi connectivity index (χ0v) is 30.1. The molecule has 3 aromatic rings. The topological polar surface area (TPSA) is 97.0 Å². The molecule has 8 nitrogen and oxygen atoms in total. The molecule has 1 heterocycles. The number of carbonyl (C=O) groups excluding carboxylic acids is 3. The Hall–Kier alpha value is -4.31. The van der Waals surface area contributed by atoms with Gasteiger partial charge in [0.15, 0.2) is 5.78 Å². The lowest BCUT2D eigenvalue weighted by Crippen LogP contribution is -2.48. The first-order chi connectivity index (χ1) is 23.1. The van der Waals surface area contributed by atoms with Crippen LogP contribution in [0.15, 0.2) is 83.9 Å². The second kappa shape index (κ2) is 14.3. The molecule has 49 heavy (non-hydrogen) atoms. The summed E-state index contributed by atoms with van der Waals surface area (Å²) in [7, 11) is 0. The van der Waals surface area contributed by atoms with Crippen molar-refractivity contribution in [1.29, 1.82) is 0 Å². The van der Waals surface area contributed by atoms with Crippen LogP contribution < -0.4 is 10.6 Å². The van der Waals surface area contributed by atoms with Crippen LogP contribution in [-0.4, -0.2) is 53.4 Å². The SMILES string of the molecule is CS/C(=C\C(=O)c1ccc(F)cc1)Nc1ccc(C[C@H](NC(=O)OC(C)(C)C)[C@H]2CN(C3(c4cccc(C(C)(C)C)c4)CC3)C(=O)O2)cc1. The van der Waals surface area contributed by atoms with Crippen molar-refractivity contribution in [2.75, 3.05) is 18.1 Å². The van der Waals surface area contributed by atoms with Gasteiger partial charge in [-0.15, -0.1) is 11.8 Å². The molecular formula is C39H46FN3O5S. The van der Waals surface area contributed by atoms with Crippen molar-refractivity contribution in [1.82, 2.24) is 10.2 Å². The van der Waals surface area contributed by atoms with Crippen LogP contribution >= 0.6 is 11.8 Å². The lowest BCUT2D eigenvalue weighted by molar-refractivity contribution is 0.0436. The molecule has 3 aromatic carbocycles. The Bertz CT molecular complexity index is 1710. The van der Waals surface area contributed by atoms with E-state index in [2.05, 4.69) is 55.7 Å². The Balaban J connectivity index is 1.32. The zero-order chi connectivity index (χ0) is 35.6. The lowest BCUT2D eigenvalue weighted by atomic mass is 9.85. The van der Waals surface area contributed by atoms with Gasteiger partial charge >= 0.3 is 12.2 Å². The molecule has 0 unspecified atom stereocenters. The summed E-state index contributed by atoms with van der Waals surface area (Å²) in [6.07, 6.45) is 3.88. The number of nitrogens with zero attached hydrogens (tertiary/aromatic N) is 1. The van der Waals surface area contributed by atoms with E-state index in [0.29, 0.717) is 23.6 Å². The Morgan fingerprint density at radius 2 is 1.71 bits per heavy atom. The molecule has 2 aliphatic rings. The number of cyclic esters (lactones) is 1. The van der Waals surface area contributed by atoms with E-state index < -0.39 is 35.2 Å². The first kappa shape index (κ1) is 36.0. The maximum atomic E-state index is 13.5. The average Bonchev–Trinajstić information content (AvgIpc) is 3.75. The van der Waals surface area contributed by atoms with Gasteiger partial charge in [0.05, 0.1) is 23.2 Å². The van der Waals surface area contributed by atoms with E-state index in [1.807, 2.05) is 35.4 Å². The third-order valence-electron chi connectivity index (χ3n) is 8.78. The van der Waals surface area contributed by atoms with Crippen LogP contribution in [-0.2, 0) is 26.8 Å². The predicted octanol–water partition coefficient (Wildman–Crippen LogP) is 8.57. The van der Waals surface area contributed by atoms with Crippen LogP contribution in [0.5, 0.6) is 0 Å². The van der Waals surface area contributed by atoms with E-state index in [-0.39, 0.29) is 17.3 Å². The summed E-state index contributed by atoms with van der Waals surface area (Å²) in [4.78, 5) is 41.0. The Kier molecular flexibility index (Phi) is 10.5. The van der Waals surface area contributed by atoms with Gasteiger partial charge in [-0.3, -0.25) is 9.69 Å². The number of nitrogens with one attached hydrogen (secondary N) is 2. The van der Waals surface area contributed by atoms with Gasteiger partial charge in [-0.05, 0) is 105 Å². The van der Waals surface area contributed by atoms with Gasteiger partial charge in [0.2, 0.25) is 0 Å². The fraction of sp³-hybridized carbons (Fsp3) is 0.410. The Labute approximate surface area is 292 Å². The molecule has 2 atom stereocenters. The third kappa shape index (κ3) is 9.03. The number of alkyl carbamates (subject to hydrolysis) is 1. The molecule has 2 fully saturated rings. The molecule has 5 rings (SSSR count). The van der Waals surface area contributed by atoms with Crippen molar-refractivity contribution in [3.63, 3.8) is 0 Å². The number of ketones is 1. The normalized spacial score (nSPS) is 18.0. The monoisotopic (exact) mass is 687 g/mol. The maximum absolute atomic E-state index is 13.5. The highest BCUT2D eigenvalue weighted by atomic mass is 32.2. The van der Waals surface area contributed by atoms with E-state index in [9.17, 15) is 18.8 Å². The van der Waals surface area contributed by atoms with Gasteiger partial charge in [-0.2, -0.15) is 0 Å². The summed E-state index contributed by atoms with van der Waals surface area (Å²) in [5.41, 5.74) is 3.25. The van der Waals surface area contributed by atoms with E-state index in [0.717, 1.165) is 29.7 Å². The summed E-state index contributed by atoms with van der Waals surface area (Å²) >= 11 is 1.38. The standard InChI is InChI=1S/C39H46FN3O5S/c1-37(2,3)27-9-8-10-28(22-27)39(19-20-39)43-24-33(47-36(43)46)31(42-35(45)48-38(4,5)6)21-25-11-17-30(18-12-25)41-34(49-7)23-32(44)26-13-15-29(40)16-14-26/h8-18,22-23,31,33,41H,19-21,24H2,1-7H3,(H,42,45)/b34-23-/t31-,33+/m0/s1. The highest BCUT2D eigenvalue weighted by Gasteiger charge is 2.56. The fourth-order valence-electron chi connectivity index (χ4n) is 5.97. The fourth-order valence-corrected chi connectivity index (χ4v) is 6.41. The highest BCUT2D eigenvalue weighted by molar-refractivity contribution is 8.02. The number of amides is 2. The molecule has 0 spiro atoms. The quantitative estimate of drug-likeness (QED) is 0.154. The minimum Gasteiger partial charge on any atom is -0.444 e. The average molecular weight is 688 g/mol. The number of halogens is 1. The molecule has 0 bridgehead atoms. The van der Waals surface area contributed by atoms with Crippen LogP contribution in [0.1, 0.15) is 81.4 Å². The molecule has 0 aromatic heterocycles. The number of ether oxygens (including phenoxy) is 2. The van der Waals surface area contributed by atoms with E-state index in [1.54, 1.807) is 20.8 Å². The van der Waals surface area contributed by atoms with Crippen molar-refractivity contribution < 1.29 is 28.2 Å². The molecular weight excluding hydrogens is 642 g/mol. The van der Waals surface area contributed by atoms with Crippen LogP contribution in [0, 0.1) is 5.82 Å². The van der Waals surface area contributed by atoms with Crippen molar-refractivity contribution in [3.05, 3.63) is 112 Å². The van der Waals surface area contributed by atoms with Crippen molar-refractivity contribution in [2.24, 2.45) is 0 Å². The van der Waals surface area contributed by atoms with Gasteiger partial charge in [0, 0.05) is 17.3 Å². The molecule has 260 valence electrons. The number of thioether (sulfide) groups is 1. The van der Waals surface area contributed by atoms with Crippen molar-refractivity contribution in [2.45, 2.75) is 89.5 Å². The Morgan fingerprint density at radius 1 is 1.04 bits per heavy atom. The van der Waals surface area contributed by atoms with Gasteiger partial charge in [-0.25, -0.2) is 14.0 Å². The molecule has 0 radical (unpaired) electrons. The molecule has 10 heteroatoms.